The topological polar surface area (TPSA) is 146 Å². The van der Waals surface area contributed by atoms with E-state index in [2.05, 4.69) is 22.0 Å². The van der Waals surface area contributed by atoms with E-state index in [0.29, 0.717) is 27.9 Å². The van der Waals surface area contributed by atoms with Crippen LogP contribution in [0, 0.1) is 27.3 Å². The Bertz CT molecular complexity index is 1610. The van der Waals surface area contributed by atoms with Crippen LogP contribution in [-0.4, -0.2) is 29.6 Å². The number of ether oxygens (including phenoxy) is 1. The fourth-order valence-electron chi connectivity index (χ4n) is 4.29. The van der Waals surface area contributed by atoms with Crippen LogP contribution in [0.15, 0.2) is 94.7 Å². The molecule has 12 heteroatoms. The van der Waals surface area contributed by atoms with Gasteiger partial charge in [0.05, 0.1) is 46.1 Å². The van der Waals surface area contributed by atoms with Crippen molar-refractivity contribution in [2.24, 2.45) is 0 Å². The van der Waals surface area contributed by atoms with Gasteiger partial charge in [-0.15, -0.1) is 0 Å². The summed E-state index contributed by atoms with van der Waals surface area (Å²) in [6.07, 6.45) is 0. The summed E-state index contributed by atoms with van der Waals surface area (Å²) in [4.78, 5) is 36.6. The molecule has 0 aromatic heterocycles. The van der Waals surface area contributed by atoms with Gasteiger partial charge in [-0.05, 0) is 37.3 Å². The van der Waals surface area contributed by atoms with Crippen LogP contribution in [0.4, 0.5) is 21.5 Å². The zero-order valence-electron chi connectivity index (χ0n) is 21.9. The maximum Gasteiger partial charge on any atom is 0.269 e. The number of methoxy groups -OCH3 is 1. The number of nitrogens with zero attached hydrogens (tertiary/aromatic N) is 2. The molecular weight excluding hydrogens is 549 g/mol. The van der Waals surface area contributed by atoms with Gasteiger partial charge in [0.2, 0.25) is 5.91 Å². The van der Waals surface area contributed by atoms with Gasteiger partial charge in [0, 0.05) is 34.7 Å². The number of amides is 2. The molecule has 1 aliphatic rings. The Morgan fingerprint density at radius 1 is 1.10 bits per heavy atom. The number of allylic oxidation sites excluding steroid dienone is 2. The number of nitro groups is 1. The second-order valence-corrected chi connectivity index (χ2v) is 9.75. The van der Waals surface area contributed by atoms with Crippen LogP contribution in [0.2, 0.25) is 0 Å². The number of nitrogens with one attached hydrogen (secondary N) is 3. The van der Waals surface area contributed by atoms with Crippen molar-refractivity contribution >= 4 is 40.6 Å². The average Bonchev–Trinajstić information content (AvgIpc) is 2.96. The van der Waals surface area contributed by atoms with E-state index in [1.165, 1.54) is 49.6 Å². The number of nitro benzene ring substituents is 1. The molecule has 0 saturated carbocycles. The quantitative estimate of drug-likeness (QED) is 0.226. The fourth-order valence-corrected chi connectivity index (χ4v) is 5.18. The van der Waals surface area contributed by atoms with E-state index in [9.17, 15) is 25.0 Å². The first kappa shape index (κ1) is 28.8. The Kier molecular flexibility index (Phi) is 9.01. The zero-order chi connectivity index (χ0) is 29.5. The third kappa shape index (κ3) is 6.54. The van der Waals surface area contributed by atoms with Crippen LogP contribution in [0.25, 0.3) is 0 Å². The lowest BCUT2D eigenvalue weighted by molar-refractivity contribution is -0.384. The minimum absolute atomic E-state index is 0.0685. The van der Waals surface area contributed by atoms with E-state index in [4.69, 9.17) is 4.74 Å². The molecular formula is C29H24FN5O5S. The molecule has 0 radical (unpaired) electrons. The number of dihydropyridines is 1. The minimum Gasteiger partial charge on any atom is -0.495 e. The minimum atomic E-state index is -1.06. The van der Waals surface area contributed by atoms with Crippen molar-refractivity contribution < 1.29 is 23.6 Å². The molecule has 41 heavy (non-hydrogen) atoms. The molecule has 0 fully saturated rings. The first-order valence-corrected chi connectivity index (χ1v) is 13.2. The van der Waals surface area contributed by atoms with Gasteiger partial charge in [-0.25, -0.2) is 4.39 Å². The second kappa shape index (κ2) is 12.8. The van der Waals surface area contributed by atoms with Crippen molar-refractivity contribution in [3.63, 3.8) is 0 Å². The van der Waals surface area contributed by atoms with Gasteiger partial charge in [0.15, 0.2) is 0 Å². The van der Waals surface area contributed by atoms with E-state index in [1.807, 2.05) is 0 Å². The number of para-hydroxylation sites is 2. The summed E-state index contributed by atoms with van der Waals surface area (Å²) in [5.74, 6) is -2.35. The Balaban J connectivity index is 1.62. The zero-order valence-corrected chi connectivity index (χ0v) is 22.8. The molecule has 1 atom stereocenters. The van der Waals surface area contributed by atoms with Crippen molar-refractivity contribution in [3.05, 3.63) is 116 Å². The maximum atomic E-state index is 15.1. The second-order valence-electron chi connectivity index (χ2n) is 8.77. The van der Waals surface area contributed by atoms with Gasteiger partial charge in [-0.1, -0.05) is 42.1 Å². The highest BCUT2D eigenvalue weighted by Gasteiger charge is 2.36. The Labute approximate surface area is 239 Å². The molecule has 1 unspecified atom stereocenters. The van der Waals surface area contributed by atoms with Gasteiger partial charge in [0.25, 0.3) is 11.6 Å². The molecule has 0 spiro atoms. The molecule has 0 saturated heterocycles. The maximum absolute atomic E-state index is 15.1. The summed E-state index contributed by atoms with van der Waals surface area (Å²) in [7, 11) is 1.47. The standard InChI is InChI=1S/C29H24FN5O5S/c1-17-26(28(37)34-23-9-5-6-10-24(23)40-2)27(20-7-3-4-8-22(20)30)21(15-31)29(32-17)41-16-25(36)33-18-11-13-19(14-12-18)35(38)39/h3-14,27,32H,16H2,1-2H3,(H,33,36)(H,34,37). The van der Waals surface area contributed by atoms with E-state index in [1.54, 1.807) is 37.3 Å². The van der Waals surface area contributed by atoms with Gasteiger partial charge in [0.1, 0.15) is 11.6 Å². The summed E-state index contributed by atoms with van der Waals surface area (Å²) in [6.45, 7) is 1.64. The largest absolute Gasteiger partial charge is 0.495 e. The number of rotatable bonds is 9. The smallest absolute Gasteiger partial charge is 0.269 e. The molecule has 3 aromatic rings. The lowest BCUT2D eigenvalue weighted by Gasteiger charge is -2.30. The number of carbonyl (C=O) groups is 2. The molecule has 2 amide bonds. The summed E-state index contributed by atoms with van der Waals surface area (Å²) in [5, 5.41) is 29.8. The highest BCUT2D eigenvalue weighted by molar-refractivity contribution is 8.03. The van der Waals surface area contributed by atoms with Crippen LogP contribution in [-0.2, 0) is 9.59 Å². The van der Waals surface area contributed by atoms with E-state index in [0.717, 1.165) is 11.8 Å². The van der Waals surface area contributed by atoms with Crippen LogP contribution in [0.3, 0.4) is 0 Å². The Morgan fingerprint density at radius 2 is 1.78 bits per heavy atom. The van der Waals surface area contributed by atoms with Crippen molar-refractivity contribution in [2.75, 3.05) is 23.5 Å². The molecule has 1 heterocycles. The number of benzene rings is 3. The van der Waals surface area contributed by atoms with Gasteiger partial charge in [-0.3, -0.25) is 19.7 Å². The summed E-state index contributed by atoms with van der Waals surface area (Å²) < 4.78 is 20.4. The molecule has 208 valence electrons. The number of nitriles is 1. The molecule has 3 N–H and O–H groups in total. The van der Waals surface area contributed by atoms with Gasteiger partial charge in [-0.2, -0.15) is 5.26 Å². The predicted molar refractivity (Wildman–Crippen MR) is 153 cm³/mol. The van der Waals surface area contributed by atoms with Crippen molar-refractivity contribution in [2.45, 2.75) is 12.8 Å². The van der Waals surface area contributed by atoms with Gasteiger partial charge < -0.3 is 20.7 Å². The molecule has 10 nitrogen and oxygen atoms in total. The average molecular weight is 574 g/mol. The molecule has 0 aliphatic carbocycles. The molecule has 1 aliphatic heterocycles. The number of thioether (sulfide) groups is 1. The summed E-state index contributed by atoms with van der Waals surface area (Å²) in [6, 6.07) is 20.2. The SMILES string of the molecule is COc1ccccc1NC(=O)C1=C(C)NC(SCC(=O)Nc2ccc([N+](=O)[O-])cc2)=C(C#N)C1c1ccccc1F. The fraction of sp³-hybridized carbons (Fsp3) is 0.138. The molecule has 0 bridgehead atoms. The lowest BCUT2D eigenvalue weighted by atomic mass is 9.82. The van der Waals surface area contributed by atoms with Crippen molar-refractivity contribution in [1.82, 2.24) is 5.32 Å². The number of hydrogen-bond acceptors (Lipinski definition) is 8. The van der Waals surface area contributed by atoms with Crippen LogP contribution < -0.4 is 20.7 Å². The van der Waals surface area contributed by atoms with Crippen LogP contribution in [0.1, 0.15) is 18.4 Å². The number of non-ortho nitro benzene ring substituents is 1. The number of anilines is 2. The predicted octanol–water partition coefficient (Wildman–Crippen LogP) is 5.45. The monoisotopic (exact) mass is 573 g/mol. The molecule has 3 aromatic carbocycles. The van der Waals surface area contributed by atoms with Crippen LogP contribution in [0.5, 0.6) is 5.75 Å². The third-order valence-corrected chi connectivity index (χ3v) is 7.19. The van der Waals surface area contributed by atoms with Crippen molar-refractivity contribution in [3.8, 4) is 11.8 Å². The third-order valence-electron chi connectivity index (χ3n) is 6.17. The summed E-state index contributed by atoms with van der Waals surface area (Å²) in [5.41, 5.74) is 1.36. The van der Waals surface area contributed by atoms with E-state index in [-0.39, 0.29) is 28.1 Å². The number of carbonyl (C=O) groups excluding carboxylic acids is 2. The highest BCUT2D eigenvalue weighted by atomic mass is 32.2. The number of halogens is 1. The normalized spacial score (nSPS) is 14.5. The lowest BCUT2D eigenvalue weighted by Crippen LogP contribution is -2.31. The Hall–Kier alpha value is -5.15. The summed E-state index contributed by atoms with van der Waals surface area (Å²) >= 11 is 1.01. The first-order valence-electron chi connectivity index (χ1n) is 12.2. The highest BCUT2D eigenvalue weighted by Crippen LogP contribution is 2.42. The number of hydrogen-bond donors (Lipinski definition) is 3. The van der Waals surface area contributed by atoms with E-state index < -0.39 is 28.5 Å². The van der Waals surface area contributed by atoms with Crippen molar-refractivity contribution in [1.29, 1.82) is 5.26 Å². The van der Waals surface area contributed by atoms with Crippen LogP contribution >= 0.6 is 11.8 Å². The first-order chi connectivity index (χ1) is 19.7. The Morgan fingerprint density at radius 3 is 2.44 bits per heavy atom. The van der Waals surface area contributed by atoms with E-state index >= 15 is 4.39 Å². The molecule has 4 rings (SSSR count). The van der Waals surface area contributed by atoms with Gasteiger partial charge >= 0.3 is 0 Å².